The number of aliphatic carboxylic acids is 1. The normalized spacial score (nSPS) is 26.6. The molecule has 1 N–H and O–H groups in total. The quantitative estimate of drug-likeness (QED) is 0.700. The van der Waals surface area contributed by atoms with Crippen LogP contribution in [0.5, 0.6) is 0 Å². The Balaban J connectivity index is 0.000000339. The summed E-state index contributed by atoms with van der Waals surface area (Å²) in [6.45, 7) is 4.78. The topological polar surface area (TPSA) is 90.4 Å². The lowest BCUT2D eigenvalue weighted by Gasteiger charge is -2.51. The van der Waals surface area contributed by atoms with Gasteiger partial charge >= 0.3 is 12.1 Å². The van der Waals surface area contributed by atoms with E-state index in [9.17, 15) is 22.8 Å². The van der Waals surface area contributed by atoms with Crippen LogP contribution in [0.25, 0.3) is 0 Å². The molecule has 8 nitrogen and oxygen atoms in total. The Hall–Kier alpha value is -1.88. The zero-order valence-electron chi connectivity index (χ0n) is 17.7. The number of likely N-dealkylation sites (N-methyl/N-ethyl adjacent to an activating group) is 1. The third kappa shape index (κ3) is 5.49. The molecule has 1 unspecified atom stereocenters. The molecular weight excluding hydrogens is 419 g/mol. The van der Waals surface area contributed by atoms with Crippen LogP contribution in [0.4, 0.5) is 13.2 Å². The van der Waals surface area contributed by atoms with Crippen LogP contribution in [0.3, 0.4) is 0 Å². The van der Waals surface area contributed by atoms with Crippen LogP contribution in [-0.2, 0) is 19.1 Å². The van der Waals surface area contributed by atoms with Crippen molar-refractivity contribution in [2.24, 2.45) is 5.92 Å². The SMILES string of the molecule is CN1CCN(CC2CC2)C(=O)C12CCN(C(=O)C1CCCO1)CC2.O=C(O)C(F)(F)F. The Morgan fingerprint density at radius 1 is 1.13 bits per heavy atom. The predicted molar refractivity (Wildman–Crippen MR) is 103 cm³/mol. The number of carboxylic acid groups (broad SMARTS) is 1. The van der Waals surface area contributed by atoms with Crippen LogP contribution in [-0.4, -0.2) is 102 Å². The van der Waals surface area contributed by atoms with Gasteiger partial charge in [-0.3, -0.25) is 14.5 Å². The summed E-state index contributed by atoms with van der Waals surface area (Å²) >= 11 is 0. The van der Waals surface area contributed by atoms with E-state index < -0.39 is 12.1 Å². The minimum atomic E-state index is -5.08. The van der Waals surface area contributed by atoms with E-state index in [4.69, 9.17) is 14.6 Å². The first-order valence-electron chi connectivity index (χ1n) is 10.8. The van der Waals surface area contributed by atoms with Gasteiger partial charge in [-0.2, -0.15) is 13.2 Å². The molecule has 0 aromatic rings. The second kappa shape index (κ2) is 9.32. The summed E-state index contributed by atoms with van der Waals surface area (Å²) in [6.07, 6.45) is 0.543. The van der Waals surface area contributed by atoms with E-state index in [2.05, 4.69) is 16.8 Å². The fourth-order valence-corrected chi connectivity index (χ4v) is 4.50. The van der Waals surface area contributed by atoms with Crippen LogP contribution in [0, 0.1) is 5.92 Å². The van der Waals surface area contributed by atoms with Gasteiger partial charge in [0.2, 0.25) is 5.91 Å². The second-order valence-electron chi connectivity index (χ2n) is 8.78. The monoisotopic (exact) mass is 449 g/mol. The molecule has 0 bridgehead atoms. The van der Waals surface area contributed by atoms with E-state index in [1.165, 1.54) is 12.8 Å². The van der Waals surface area contributed by atoms with Gasteiger partial charge < -0.3 is 19.6 Å². The first-order chi connectivity index (χ1) is 14.5. The number of carbonyl (C=O) groups is 3. The maximum atomic E-state index is 13.2. The van der Waals surface area contributed by atoms with Crippen LogP contribution >= 0.6 is 0 Å². The lowest BCUT2D eigenvalue weighted by Crippen LogP contribution is -2.68. The number of halogens is 3. The van der Waals surface area contributed by atoms with E-state index in [0.29, 0.717) is 25.6 Å². The summed E-state index contributed by atoms with van der Waals surface area (Å²) in [5, 5.41) is 7.12. The summed E-state index contributed by atoms with van der Waals surface area (Å²) in [6, 6.07) is 0. The molecule has 3 heterocycles. The van der Waals surface area contributed by atoms with Crippen molar-refractivity contribution < 1.29 is 37.4 Å². The number of carboxylic acids is 1. The van der Waals surface area contributed by atoms with Crippen molar-refractivity contribution in [3.05, 3.63) is 0 Å². The average Bonchev–Trinajstić information content (AvgIpc) is 3.37. The first-order valence-corrected chi connectivity index (χ1v) is 10.8. The number of alkyl halides is 3. The molecule has 2 amide bonds. The van der Waals surface area contributed by atoms with Gasteiger partial charge in [-0.05, 0) is 51.5 Å². The van der Waals surface area contributed by atoms with Crippen LogP contribution in [0.1, 0.15) is 38.5 Å². The standard InChI is InChI=1S/C18H29N3O3.C2HF3O2/c1-19-10-11-21(13-14-4-5-14)17(23)18(19)6-8-20(9-7-18)16(22)15-3-2-12-24-15;3-2(4,5)1(6)7/h14-15H,2-13H2,1H3;(H,6,7). The summed E-state index contributed by atoms with van der Waals surface area (Å²) in [5.41, 5.74) is -0.388. The Morgan fingerprint density at radius 2 is 1.74 bits per heavy atom. The zero-order valence-corrected chi connectivity index (χ0v) is 17.7. The largest absolute Gasteiger partial charge is 0.490 e. The molecule has 4 aliphatic rings. The first kappa shape index (κ1) is 23.8. The van der Waals surface area contributed by atoms with Gasteiger partial charge in [0.1, 0.15) is 11.6 Å². The number of piperazine rings is 1. The van der Waals surface area contributed by atoms with Crippen molar-refractivity contribution in [1.82, 2.24) is 14.7 Å². The summed E-state index contributed by atoms with van der Waals surface area (Å²) < 4.78 is 37.3. The summed E-state index contributed by atoms with van der Waals surface area (Å²) in [7, 11) is 2.07. The van der Waals surface area contributed by atoms with Crippen LogP contribution in [0.15, 0.2) is 0 Å². The number of amides is 2. The molecule has 0 aromatic heterocycles. The maximum Gasteiger partial charge on any atom is 0.490 e. The van der Waals surface area contributed by atoms with Crippen molar-refractivity contribution >= 4 is 17.8 Å². The van der Waals surface area contributed by atoms with Crippen molar-refractivity contribution in [2.75, 3.05) is 46.4 Å². The Labute approximate surface area is 179 Å². The molecule has 176 valence electrons. The van der Waals surface area contributed by atoms with Gasteiger partial charge in [0.15, 0.2) is 0 Å². The minimum Gasteiger partial charge on any atom is -0.475 e. The van der Waals surface area contributed by atoms with Crippen molar-refractivity contribution in [2.45, 2.75) is 56.3 Å². The molecule has 4 rings (SSSR count). The Morgan fingerprint density at radius 3 is 2.23 bits per heavy atom. The van der Waals surface area contributed by atoms with Crippen LogP contribution in [0.2, 0.25) is 0 Å². The molecule has 4 fully saturated rings. The highest BCUT2D eigenvalue weighted by Crippen LogP contribution is 2.36. The lowest BCUT2D eigenvalue weighted by molar-refractivity contribution is -0.192. The number of hydrogen-bond acceptors (Lipinski definition) is 5. The van der Waals surface area contributed by atoms with Crippen molar-refractivity contribution in [1.29, 1.82) is 0 Å². The number of carbonyl (C=O) groups excluding carboxylic acids is 2. The van der Waals surface area contributed by atoms with E-state index in [-0.39, 0.29) is 17.6 Å². The molecular formula is C20H30F3N3O5. The third-order valence-electron chi connectivity index (χ3n) is 6.65. The lowest BCUT2D eigenvalue weighted by atomic mass is 9.82. The molecule has 1 aliphatic carbocycles. The van der Waals surface area contributed by atoms with E-state index in [1.54, 1.807) is 0 Å². The highest BCUT2D eigenvalue weighted by Gasteiger charge is 2.50. The molecule has 1 spiro atoms. The molecule has 11 heteroatoms. The maximum absolute atomic E-state index is 13.2. The molecule has 3 aliphatic heterocycles. The fraction of sp³-hybridized carbons (Fsp3) is 0.850. The molecule has 3 saturated heterocycles. The molecule has 0 aromatic carbocycles. The highest BCUT2D eigenvalue weighted by atomic mass is 19.4. The molecule has 31 heavy (non-hydrogen) atoms. The molecule has 0 radical (unpaired) electrons. The van der Waals surface area contributed by atoms with Gasteiger partial charge in [0.25, 0.3) is 5.91 Å². The number of piperidine rings is 1. The van der Waals surface area contributed by atoms with Crippen molar-refractivity contribution in [3.63, 3.8) is 0 Å². The Bertz CT molecular complexity index is 684. The van der Waals surface area contributed by atoms with Gasteiger partial charge in [-0.25, -0.2) is 4.79 Å². The number of hydrogen-bond donors (Lipinski definition) is 1. The predicted octanol–water partition coefficient (Wildman–Crippen LogP) is 1.34. The fourth-order valence-electron chi connectivity index (χ4n) is 4.50. The summed E-state index contributed by atoms with van der Waals surface area (Å²) in [4.78, 5) is 40.9. The Kier molecular flexibility index (Phi) is 7.14. The van der Waals surface area contributed by atoms with E-state index in [0.717, 1.165) is 51.2 Å². The van der Waals surface area contributed by atoms with E-state index in [1.807, 2.05) is 4.90 Å². The summed E-state index contributed by atoms with van der Waals surface area (Å²) in [5.74, 6) is -1.60. The van der Waals surface area contributed by atoms with Gasteiger partial charge in [0.05, 0.1) is 0 Å². The van der Waals surface area contributed by atoms with Crippen LogP contribution < -0.4 is 0 Å². The molecule has 1 saturated carbocycles. The van der Waals surface area contributed by atoms with Gasteiger partial charge in [-0.15, -0.1) is 0 Å². The van der Waals surface area contributed by atoms with Gasteiger partial charge in [0, 0.05) is 39.3 Å². The van der Waals surface area contributed by atoms with Gasteiger partial charge in [-0.1, -0.05) is 0 Å². The third-order valence-corrected chi connectivity index (χ3v) is 6.65. The van der Waals surface area contributed by atoms with E-state index >= 15 is 0 Å². The number of likely N-dealkylation sites (tertiary alicyclic amines) is 1. The number of ether oxygens (including phenoxy) is 1. The number of nitrogens with zero attached hydrogens (tertiary/aromatic N) is 3. The molecule has 1 atom stereocenters. The smallest absolute Gasteiger partial charge is 0.475 e. The highest BCUT2D eigenvalue weighted by molar-refractivity contribution is 5.88. The second-order valence-corrected chi connectivity index (χ2v) is 8.78. The number of rotatable bonds is 3. The van der Waals surface area contributed by atoms with Crippen molar-refractivity contribution in [3.8, 4) is 0 Å². The average molecular weight is 449 g/mol. The minimum absolute atomic E-state index is 0.128. The zero-order chi connectivity index (χ0) is 22.8.